The molecule has 1 N–H and O–H groups in total. The Morgan fingerprint density at radius 1 is 1.41 bits per heavy atom. The van der Waals surface area contributed by atoms with E-state index >= 15 is 0 Å². The minimum atomic E-state index is 0.111. The number of hydrogen-bond acceptors (Lipinski definition) is 5. The van der Waals surface area contributed by atoms with Crippen molar-refractivity contribution in [3.63, 3.8) is 0 Å². The molecular formula is C11H12ClN3OS. The molecular weight excluding hydrogens is 258 g/mol. The largest absolute Gasteiger partial charge is 0.481 e. The van der Waals surface area contributed by atoms with Gasteiger partial charge in [-0.2, -0.15) is 4.98 Å². The summed E-state index contributed by atoms with van der Waals surface area (Å²) in [4.78, 5) is 9.46. The summed E-state index contributed by atoms with van der Waals surface area (Å²) in [6, 6.07) is 5.69. The summed E-state index contributed by atoms with van der Waals surface area (Å²) >= 11 is 7.44. The maximum absolute atomic E-state index is 5.89. The van der Waals surface area contributed by atoms with Gasteiger partial charge < -0.3 is 10.1 Å². The number of methoxy groups -OCH3 is 1. The van der Waals surface area contributed by atoms with Crippen molar-refractivity contribution in [3.8, 4) is 5.88 Å². The van der Waals surface area contributed by atoms with Crippen molar-refractivity contribution in [2.24, 2.45) is 0 Å². The molecule has 6 heteroatoms. The zero-order valence-electron chi connectivity index (χ0n) is 9.48. The molecule has 90 valence electrons. The number of halogens is 1. The lowest BCUT2D eigenvalue weighted by atomic mass is 10.3. The summed E-state index contributed by atoms with van der Waals surface area (Å²) in [7, 11) is 1.58. The van der Waals surface area contributed by atoms with Crippen LogP contribution >= 0.6 is 22.9 Å². The number of anilines is 1. The molecule has 0 aliphatic heterocycles. The van der Waals surface area contributed by atoms with Crippen molar-refractivity contribution in [1.29, 1.82) is 0 Å². The summed E-state index contributed by atoms with van der Waals surface area (Å²) in [6.07, 6.45) is 1.66. The molecule has 0 saturated heterocycles. The highest BCUT2D eigenvalue weighted by Crippen LogP contribution is 2.28. The average Bonchev–Trinajstić information content (AvgIpc) is 2.76. The van der Waals surface area contributed by atoms with Gasteiger partial charge in [0, 0.05) is 17.1 Å². The summed E-state index contributed by atoms with van der Waals surface area (Å²) < 4.78 is 5.81. The molecule has 0 radical (unpaired) electrons. The van der Waals surface area contributed by atoms with Gasteiger partial charge >= 0.3 is 0 Å². The zero-order valence-corrected chi connectivity index (χ0v) is 11.0. The van der Waals surface area contributed by atoms with E-state index in [9.17, 15) is 0 Å². The van der Waals surface area contributed by atoms with Gasteiger partial charge in [-0.25, -0.2) is 4.98 Å². The second-order valence-corrected chi connectivity index (χ2v) is 5.18. The topological polar surface area (TPSA) is 47.0 Å². The summed E-state index contributed by atoms with van der Waals surface area (Å²) in [5.41, 5.74) is 0. The number of nitrogens with zero attached hydrogens (tertiary/aromatic N) is 2. The molecule has 2 rings (SSSR count). The summed E-state index contributed by atoms with van der Waals surface area (Å²) in [6.45, 7) is 2.03. The van der Waals surface area contributed by atoms with Gasteiger partial charge in [0.05, 0.1) is 17.5 Å². The monoisotopic (exact) mass is 269 g/mol. The average molecular weight is 270 g/mol. The van der Waals surface area contributed by atoms with Crippen LogP contribution in [-0.4, -0.2) is 17.1 Å². The molecule has 0 amide bonds. The molecule has 0 aliphatic rings. The van der Waals surface area contributed by atoms with E-state index in [-0.39, 0.29) is 6.04 Å². The highest BCUT2D eigenvalue weighted by atomic mass is 35.5. The number of thiophene rings is 1. The molecule has 1 unspecified atom stereocenters. The van der Waals surface area contributed by atoms with Gasteiger partial charge in [0.25, 0.3) is 0 Å². The second-order valence-electron chi connectivity index (χ2n) is 3.43. The van der Waals surface area contributed by atoms with Crippen LogP contribution in [-0.2, 0) is 0 Å². The Kier molecular flexibility index (Phi) is 3.81. The van der Waals surface area contributed by atoms with Gasteiger partial charge in [-0.3, -0.25) is 0 Å². The van der Waals surface area contributed by atoms with E-state index in [4.69, 9.17) is 16.3 Å². The van der Waals surface area contributed by atoms with Crippen LogP contribution in [0.15, 0.2) is 24.4 Å². The van der Waals surface area contributed by atoms with Crippen molar-refractivity contribution in [3.05, 3.63) is 33.6 Å². The standard InChI is InChI=1S/C11H12ClN3OS/c1-7(8-3-4-9(12)17-8)14-11-13-6-5-10(15-11)16-2/h3-7H,1-2H3,(H,13,14,15). The molecule has 0 bridgehead atoms. The normalized spacial score (nSPS) is 12.2. The van der Waals surface area contributed by atoms with E-state index in [2.05, 4.69) is 15.3 Å². The number of ether oxygens (including phenoxy) is 1. The Hall–Kier alpha value is -1.33. The van der Waals surface area contributed by atoms with Crippen molar-refractivity contribution < 1.29 is 4.74 Å². The Morgan fingerprint density at radius 2 is 2.24 bits per heavy atom. The predicted octanol–water partition coefficient (Wildman–Crippen LogP) is 3.37. The molecule has 17 heavy (non-hydrogen) atoms. The van der Waals surface area contributed by atoms with E-state index in [0.717, 1.165) is 9.21 Å². The first-order valence-electron chi connectivity index (χ1n) is 5.08. The van der Waals surface area contributed by atoms with Gasteiger partial charge in [-0.15, -0.1) is 11.3 Å². The van der Waals surface area contributed by atoms with Crippen LogP contribution in [0.5, 0.6) is 5.88 Å². The smallest absolute Gasteiger partial charge is 0.226 e. The van der Waals surface area contributed by atoms with Gasteiger partial charge in [0.15, 0.2) is 0 Å². The number of aromatic nitrogens is 2. The first-order chi connectivity index (χ1) is 8.19. The molecule has 0 aromatic carbocycles. The van der Waals surface area contributed by atoms with Crippen LogP contribution in [0.25, 0.3) is 0 Å². The minimum Gasteiger partial charge on any atom is -0.481 e. The first-order valence-corrected chi connectivity index (χ1v) is 6.27. The maximum atomic E-state index is 5.89. The predicted molar refractivity (Wildman–Crippen MR) is 70.0 cm³/mol. The van der Waals surface area contributed by atoms with Crippen molar-refractivity contribution >= 4 is 28.9 Å². The van der Waals surface area contributed by atoms with Crippen LogP contribution in [0.1, 0.15) is 17.8 Å². The lowest BCUT2D eigenvalue weighted by Crippen LogP contribution is -2.08. The third-order valence-electron chi connectivity index (χ3n) is 2.21. The van der Waals surface area contributed by atoms with Gasteiger partial charge in [0.2, 0.25) is 11.8 Å². The van der Waals surface area contributed by atoms with Crippen LogP contribution in [0.3, 0.4) is 0 Å². The number of nitrogens with one attached hydrogen (secondary N) is 1. The molecule has 2 heterocycles. The molecule has 1 atom stereocenters. The summed E-state index contributed by atoms with van der Waals surface area (Å²) in [5, 5.41) is 3.20. The van der Waals surface area contributed by atoms with Crippen molar-refractivity contribution in [2.75, 3.05) is 12.4 Å². The Bertz CT molecular complexity index is 503. The minimum absolute atomic E-state index is 0.111. The van der Waals surface area contributed by atoms with Gasteiger partial charge in [0.1, 0.15) is 0 Å². The maximum Gasteiger partial charge on any atom is 0.226 e. The molecule has 4 nitrogen and oxygen atoms in total. The fourth-order valence-corrected chi connectivity index (χ4v) is 2.41. The van der Waals surface area contributed by atoms with E-state index in [0.29, 0.717) is 11.8 Å². The lowest BCUT2D eigenvalue weighted by molar-refractivity contribution is 0.397. The second kappa shape index (κ2) is 5.33. The Balaban J connectivity index is 2.09. The Morgan fingerprint density at radius 3 is 2.88 bits per heavy atom. The SMILES string of the molecule is COc1ccnc(NC(C)c2ccc(Cl)s2)n1. The quantitative estimate of drug-likeness (QED) is 0.924. The van der Waals surface area contributed by atoms with E-state index in [1.165, 1.54) is 0 Å². The third-order valence-corrected chi connectivity index (χ3v) is 3.62. The van der Waals surface area contributed by atoms with E-state index in [1.54, 1.807) is 30.7 Å². The first kappa shape index (κ1) is 12.1. The van der Waals surface area contributed by atoms with Crippen LogP contribution in [0, 0.1) is 0 Å². The number of hydrogen-bond donors (Lipinski definition) is 1. The zero-order chi connectivity index (χ0) is 12.3. The van der Waals surface area contributed by atoms with E-state index in [1.807, 2.05) is 19.1 Å². The van der Waals surface area contributed by atoms with Crippen molar-refractivity contribution in [1.82, 2.24) is 9.97 Å². The molecule has 0 saturated carbocycles. The van der Waals surface area contributed by atoms with Gasteiger partial charge in [-0.05, 0) is 19.1 Å². The highest BCUT2D eigenvalue weighted by Gasteiger charge is 2.09. The Labute approximate surface area is 109 Å². The highest BCUT2D eigenvalue weighted by molar-refractivity contribution is 7.16. The molecule has 2 aromatic rings. The van der Waals surface area contributed by atoms with E-state index < -0.39 is 0 Å². The molecule has 0 spiro atoms. The molecule has 2 aromatic heterocycles. The van der Waals surface area contributed by atoms with Gasteiger partial charge in [-0.1, -0.05) is 11.6 Å². The summed E-state index contributed by atoms with van der Waals surface area (Å²) in [5.74, 6) is 1.08. The van der Waals surface area contributed by atoms with Crippen LogP contribution in [0.4, 0.5) is 5.95 Å². The molecule has 0 fully saturated rings. The van der Waals surface area contributed by atoms with Crippen LogP contribution in [0.2, 0.25) is 4.34 Å². The fourth-order valence-electron chi connectivity index (χ4n) is 1.35. The number of rotatable bonds is 4. The molecule has 0 aliphatic carbocycles. The van der Waals surface area contributed by atoms with Crippen molar-refractivity contribution in [2.45, 2.75) is 13.0 Å². The third kappa shape index (κ3) is 3.08. The van der Waals surface area contributed by atoms with Crippen LogP contribution < -0.4 is 10.1 Å². The fraction of sp³-hybridized carbons (Fsp3) is 0.273. The lowest BCUT2D eigenvalue weighted by Gasteiger charge is -2.12.